The minimum absolute atomic E-state index is 0.0842. The van der Waals surface area contributed by atoms with E-state index in [1.54, 1.807) is 0 Å². The molecule has 0 saturated heterocycles. The SMILES string of the molecule is O=C(c1ccc(F)c(Cl)c1)c1ccn(C(F)F)n1. The molecular weight excluding hydrogens is 269 g/mol. The minimum atomic E-state index is -2.82. The quantitative estimate of drug-likeness (QED) is 0.805. The number of hydrogen-bond donors (Lipinski definition) is 0. The molecule has 0 bridgehead atoms. The van der Waals surface area contributed by atoms with Crippen LogP contribution in [0.3, 0.4) is 0 Å². The molecule has 0 aliphatic rings. The van der Waals surface area contributed by atoms with Gasteiger partial charge in [-0.25, -0.2) is 9.07 Å². The average Bonchev–Trinajstić information content (AvgIpc) is 2.81. The summed E-state index contributed by atoms with van der Waals surface area (Å²) in [5.41, 5.74) is -0.0705. The van der Waals surface area contributed by atoms with Gasteiger partial charge in [-0.05, 0) is 24.3 Å². The molecule has 0 atom stereocenters. The van der Waals surface area contributed by atoms with Crippen LogP contribution >= 0.6 is 11.6 Å². The molecule has 0 fully saturated rings. The molecule has 1 aromatic heterocycles. The van der Waals surface area contributed by atoms with Crippen LogP contribution in [0.2, 0.25) is 5.02 Å². The first-order chi connectivity index (χ1) is 8.49. The highest BCUT2D eigenvalue weighted by Gasteiger charge is 2.16. The van der Waals surface area contributed by atoms with Crippen LogP contribution < -0.4 is 0 Å². The first-order valence-electron chi connectivity index (χ1n) is 4.82. The van der Waals surface area contributed by atoms with E-state index in [-0.39, 0.29) is 16.3 Å². The topological polar surface area (TPSA) is 34.9 Å². The van der Waals surface area contributed by atoms with E-state index in [0.717, 1.165) is 24.4 Å². The smallest absolute Gasteiger partial charge is 0.287 e. The number of benzene rings is 1. The van der Waals surface area contributed by atoms with Crippen molar-refractivity contribution in [2.45, 2.75) is 6.55 Å². The number of carbonyl (C=O) groups is 1. The summed E-state index contributed by atoms with van der Waals surface area (Å²) < 4.78 is 37.8. The van der Waals surface area contributed by atoms with E-state index in [9.17, 15) is 18.0 Å². The Morgan fingerprint density at radius 1 is 1.33 bits per heavy atom. The second kappa shape index (κ2) is 4.81. The number of hydrogen-bond acceptors (Lipinski definition) is 2. The molecule has 2 rings (SSSR count). The van der Waals surface area contributed by atoms with Crippen molar-refractivity contribution in [2.24, 2.45) is 0 Å². The predicted molar refractivity (Wildman–Crippen MR) is 58.3 cm³/mol. The van der Waals surface area contributed by atoms with E-state index in [0.29, 0.717) is 4.68 Å². The Balaban J connectivity index is 2.32. The van der Waals surface area contributed by atoms with Crippen LogP contribution in [0.15, 0.2) is 30.5 Å². The third-order valence-corrected chi connectivity index (χ3v) is 2.51. The largest absolute Gasteiger partial charge is 0.333 e. The maximum Gasteiger partial charge on any atom is 0.333 e. The lowest BCUT2D eigenvalue weighted by atomic mass is 10.1. The predicted octanol–water partition coefficient (Wildman–Crippen LogP) is 3.30. The zero-order chi connectivity index (χ0) is 13.3. The van der Waals surface area contributed by atoms with Crippen LogP contribution in [-0.4, -0.2) is 15.6 Å². The van der Waals surface area contributed by atoms with Crippen LogP contribution in [0.25, 0.3) is 0 Å². The fourth-order valence-corrected chi connectivity index (χ4v) is 1.53. The summed E-state index contributed by atoms with van der Waals surface area (Å²) in [4.78, 5) is 11.8. The molecule has 2 aromatic rings. The van der Waals surface area contributed by atoms with Crippen molar-refractivity contribution in [3.05, 3.63) is 52.6 Å². The van der Waals surface area contributed by atoms with Crippen LogP contribution in [0, 0.1) is 5.82 Å². The second-order valence-corrected chi connectivity index (χ2v) is 3.82. The van der Waals surface area contributed by atoms with E-state index in [1.165, 1.54) is 6.07 Å². The standard InChI is InChI=1S/C11H6ClF3N2O/c12-7-5-6(1-2-8(7)13)10(18)9-3-4-17(16-9)11(14)15/h1-5,11H. The average molecular weight is 275 g/mol. The summed E-state index contributed by atoms with van der Waals surface area (Å²) in [6.07, 6.45) is 0.989. The molecule has 0 saturated carbocycles. The van der Waals surface area contributed by atoms with Gasteiger partial charge in [0.25, 0.3) is 0 Å². The number of ketones is 1. The fourth-order valence-electron chi connectivity index (χ4n) is 1.35. The number of rotatable bonds is 3. The molecule has 7 heteroatoms. The normalized spacial score (nSPS) is 10.9. The molecule has 0 aliphatic heterocycles. The molecular formula is C11H6ClF3N2O. The van der Waals surface area contributed by atoms with Crippen molar-refractivity contribution >= 4 is 17.4 Å². The van der Waals surface area contributed by atoms with Crippen molar-refractivity contribution in [2.75, 3.05) is 0 Å². The maximum absolute atomic E-state index is 12.9. The van der Waals surface area contributed by atoms with Crippen LogP contribution in [0.4, 0.5) is 13.2 Å². The van der Waals surface area contributed by atoms with Gasteiger partial charge in [-0.1, -0.05) is 11.6 Å². The summed E-state index contributed by atoms with van der Waals surface area (Å²) in [6.45, 7) is -2.82. The molecule has 0 N–H and O–H groups in total. The Morgan fingerprint density at radius 3 is 2.61 bits per heavy atom. The monoisotopic (exact) mass is 274 g/mol. The van der Waals surface area contributed by atoms with E-state index in [1.807, 2.05) is 0 Å². The molecule has 1 heterocycles. The number of halogens is 4. The van der Waals surface area contributed by atoms with Crippen molar-refractivity contribution in [1.82, 2.24) is 9.78 Å². The van der Waals surface area contributed by atoms with Gasteiger partial charge in [0.05, 0.1) is 5.02 Å². The number of aromatic nitrogens is 2. The molecule has 0 radical (unpaired) electrons. The first kappa shape index (κ1) is 12.6. The van der Waals surface area contributed by atoms with Crippen LogP contribution in [-0.2, 0) is 0 Å². The lowest BCUT2D eigenvalue weighted by molar-refractivity contribution is 0.0561. The molecule has 3 nitrogen and oxygen atoms in total. The van der Waals surface area contributed by atoms with Gasteiger partial charge < -0.3 is 0 Å². The molecule has 0 aliphatic carbocycles. The summed E-state index contributed by atoms with van der Waals surface area (Å²) in [5, 5.41) is 3.20. The molecule has 94 valence electrons. The number of nitrogens with zero attached hydrogens (tertiary/aromatic N) is 2. The molecule has 18 heavy (non-hydrogen) atoms. The maximum atomic E-state index is 12.9. The van der Waals surface area contributed by atoms with Gasteiger partial charge in [0.2, 0.25) is 5.78 Å². The summed E-state index contributed by atoms with van der Waals surface area (Å²) in [6, 6.07) is 4.52. The minimum Gasteiger partial charge on any atom is -0.287 e. The fraction of sp³-hybridized carbons (Fsp3) is 0.0909. The van der Waals surface area contributed by atoms with Crippen molar-refractivity contribution in [1.29, 1.82) is 0 Å². The Morgan fingerprint density at radius 2 is 2.06 bits per heavy atom. The molecule has 0 unspecified atom stereocenters. The van der Waals surface area contributed by atoms with Gasteiger partial charge in [0.1, 0.15) is 11.5 Å². The molecule has 1 aromatic carbocycles. The molecule has 0 spiro atoms. The van der Waals surface area contributed by atoms with Crippen molar-refractivity contribution in [3.8, 4) is 0 Å². The first-order valence-corrected chi connectivity index (χ1v) is 5.20. The Kier molecular flexibility index (Phi) is 3.38. The Bertz CT molecular complexity index is 598. The highest BCUT2D eigenvalue weighted by molar-refractivity contribution is 6.31. The third kappa shape index (κ3) is 2.38. The van der Waals surface area contributed by atoms with E-state index >= 15 is 0 Å². The van der Waals surface area contributed by atoms with Gasteiger partial charge >= 0.3 is 6.55 Å². The molecule has 0 amide bonds. The highest BCUT2D eigenvalue weighted by Crippen LogP contribution is 2.18. The van der Waals surface area contributed by atoms with Gasteiger partial charge in [0, 0.05) is 11.8 Å². The Hall–Kier alpha value is -1.82. The van der Waals surface area contributed by atoms with Gasteiger partial charge in [-0.2, -0.15) is 13.9 Å². The Labute approximate surface area is 105 Å². The zero-order valence-corrected chi connectivity index (χ0v) is 9.53. The number of carbonyl (C=O) groups excluding carboxylic acids is 1. The van der Waals surface area contributed by atoms with Crippen molar-refractivity contribution in [3.63, 3.8) is 0 Å². The van der Waals surface area contributed by atoms with Crippen LogP contribution in [0.5, 0.6) is 0 Å². The number of alkyl halides is 2. The van der Waals surface area contributed by atoms with Gasteiger partial charge in [0.15, 0.2) is 0 Å². The van der Waals surface area contributed by atoms with Gasteiger partial charge in [-0.15, -0.1) is 0 Å². The highest BCUT2D eigenvalue weighted by atomic mass is 35.5. The zero-order valence-electron chi connectivity index (χ0n) is 8.78. The van der Waals surface area contributed by atoms with E-state index in [4.69, 9.17) is 11.6 Å². The second-order valence-electron chi connectivity index (χ2n) is 3.42. The lowest BCUT2D eigenvalue weighted by Gasteiger charge is -2.00. The van der Waals surface area contributed by atoms with E-state index in [2.05, 4.69) is 5.10 Å². The van der Waals surface area contributed by atoms with E-state index < -0.39 is 18.1 Å². The van der Waals surface area contributed by atoms with Gasteiger partial charge in [-0.3, -0.25) is 4.79 Å². The summed E-state index contributed by atoms with van der Waals surface area (Å²) in [5.74, 6) is -1.26. The summed E-state index contributed by atoms with van der Waals surface area (Å²) >= 11 is 5.53. The summed E-state index contributed by atoms with van der Waals surface area (Å²) in [7, 11) is 0. The van der Waals surface area contributed by atoms with Crippen LogP contribution in [0.1, 0.15) is 22.6 Å². The lowest BCUT2D eigenvalue weighted by Crippen LogP contribution is -2.05. The van der Waals surface area contributed by atoms with Crippen molar-refractivity contribution < 1.29 is 18.0 Å². The third-order valence-electron chi connectivity index (χ3n) is 2.22.